The van der Waals surface area contributed by atoms with E-state index < -0.39 is 0 Å². The van der Waals surface area contributed by atoms with Crippen molar-refractivity contribution >= 4 is 17.4 Å². The molecule has 164 valence electrons. The first-order chi connectivity index (χ1) is 14.3. The summed E-state index contributed by atoms with van der Waals surface area (Å²) >= 11 is 0. The van der Waals surface area contributed by atoms with Crippen LogP contribution in [-0.2, 0) is 19.1 Å². The number of nitrogens with zero attached hydrogens (tertiary/aromatic N) is 2. The number of amides is 2. The van der Waals surface area contributed by atoms with Crippen molar-refractivity contribution in [1.82, 2.24) is 9.80 Å². The van der Waals surface area contributed by atoms with Crippen LogP contribution in [0.2, 0.25) is 0 Å². The molecule has 1 fully saturated rings. The standard InChI is InChI=1S/C23H32N2O5/c1-15(2)29-19-9-7-18(8-10-19)20-21(24-13-16(3)30-17(4)14-24)23(27)25(22(20)26)11-6-12-28-5/h7-10,15-17H,6,11-14H2,1-5H3. The molecule has 3 rings (SSSR count). The summed E-state index contributed by atoms with van der Waals surface area (Å²) < 4.78 is 16.6. The smallest absolute Gasteiger partial charge is 0.277 e. The Balaban J connectivity index is 1.97. The van der Waals surface area contributed by atoms with Gasteiger partial charge in [-0.15, -0.1) is 0 Å². The average molecular weight is 417 g/mol. The molecule has 7 heteroatoms. The Morgan fingerprint density at radius 2 is 1.70 bits per heavy atom. The number of carbonyl (C=O) groups is 2. The molecule has 0 spiro atoms. The number of morpholine rings is 1. The van der Waals surface area contributed by atoms with Gasteiger partial charge in [0.25, 0.3) is 11.8 Å². The Morgan fingerprint density at radius 1 is 1.07 bits per heavy atom. The Kier molecular flexibility index (Phi) is 7.15. The predicted octanol–water partition coefficient (Wildman–Crippen LogP) is 2.70. The van der Waals surface area contributed by atoms with E-state index in [1.54, 1.807) is 7.11 Å². The first-order valence-corrected chi connectivity index (χ1v) is 10.6. The molecule has 2 unspecified atom stereocenters. The van der Waals surface area contributed by atoms with Crippen LogP contribution in [0.1, 0.15) is 39.7 Å². The fourth-order valence-electron chi connectivity index (χ4n) is 4.02. The number of ether oxygens (including phenoxy) is 3. The third kappa shape index (κ3) is 4.84. The molecule has 2 atom stereocenters. The summed E-state index contributed by atoms with van der Waals surface area (Å²) in [7, 11) is 1.61. The number of hydrogen-bond acceptors (Lipinski definition) is 6. The van der Waals surface area contributed by atoms with Gasteiger partial charge in [0.2, 0.25) is 0 Å². The maximum atomic E-state index is 13.3. The van der Waals surface area contributed by atoms with E-state index in [4.69, 9.17) is 14.2 Å². The molecule has 30 heavy (non-hydrogen) atoms. The molecule has 0 N–H and O–H groups in total. The Bertz CT molecular complexity index is 792. The number of benzene rings is 1. The molecule has 1 saturated heterocycles. The van der Waals surface area contributed by atoms with Gasteiger partial charge in [0.15, 0.2) is 0 Å². The minimum absolute atomic E-state index is 0.0187. The van der Waals surface area contributed by atoms with Crippen molar-refractivity contribution in [1.29, 1.82) is 0 Å². The third-order valence-electron chi connectivity index (χ3n) is 5.12. The van der Waals surface area contributed by atoms with Crippen molar-refractivity contribution in [3.8, 4) is 5.75 Å². The quantitative estimate of drug-likeness (QED) is 0.480. The van der Waals surface area contributed by atoms with Crippen molar-refractivity contribution in [2.45, 2.75) is 52.4 Å². The first-order valence-electron chi connectivity index (χ1n) is 10.6. The molecular weight excluding hydrogens is 384 g/mol. The number of carbonyl (C=O) groups excluding carboxylic acids is 2. The summed E-state index contributed by atoms with van der Waals surface area (Å²) in [6.45, 7) is 9.87. The molecule has 0 aromatic heterocycles. The molecule has 1 aromatic rings. The van der Waals surface area contributed by atoms with Crippen LogP contribution in [0.5, 0.6) is 5.75 Å². The highest BCUT2D eigenvalue weighted by Crippen LogP contribution is 2.34. The lowest BCUT2D eigenvalue weighted by molar-refractivity contribution is -0.138. The van der Waals surface area contributed by atoms with Crippen LogP contribution in [0, 0.1) is 0 Å². The second kappa shape index (κ2) is 9.62. The van der Waals surface area contributed by atoms with Crippen molar-refractivity contribution < 1.29 is 23.8 Å². The minimum atomic E-state index is -0.254. The van der Waals surface area contributed by atoms with E-state index in [2.05, 4.69) is 0 Å². The summed E-state index contributed by atoms with van der Waals surface area (Å²) in [6.07, 6.45) is 0.628. The monoisotopic (exact) mass is 416 g/mol. The van der Waals surface area contributed by atoms with E-state index in [-0.39, 0.29) is 30.1 Å². The van der Waals surface area contributed by atoms with Gasteiger partial charge >= 0.3 is 0 Å². The lowest BCUT2D eigenvalue weighted by Gasteiger charge is -2.37. The van der Waals surface area contributed by atoms with Crippen LogP contribution >= 0.6 is 0 Å². The lowest BCUT2D eigenvalue weighted by atomic mass is 10.0. The number of rotatable bonds is 8. The van der Waals surface area contributed by atoms with Gasteiger partial charge in [-0.25, -0.2) is 0 Å². The van der Waals surface area contributed by atoms with Gasteiger partial charge in [-0.1, -0.05) is 12.1 Å². The first kappa shape index (κ1) is 22.3. The Morgan fingerprint density at radius 3 is 2.27 bits per heavy atom. The van der Waals surface area contributed by atoms with Gasteiger partial charge in [-0.05, 0) is 51.8 Å². The second-order valence-corrected chi connectivity index (χ2v) is 8.19. The topological polar surface area (TPSA) is 68.3 Å². The van der Waals surface area contributed by atoms with Crippen LogP contribution in [0.4, 0.5) is 0 Å². The summed E-state index contributed by atoms with van der Waals surface area (Å²) in [5.74, 6) is 0.239. The predicted molar refractivity (Wildman–Crippen MR) is 114 cm³/mol. The highest BCUT2D eigenvalue weighted by Gasteiger charge is 2.42. The Hall–Kier alpha value is -2.38. The number of imide groups is 1. The largest absolute Gasteiger partial charge is 0.491 e. The highest BCUT2D eigenvalue weighted by atomic mass is 16.5. The fraction of sp³-hybridized carbons (Fsp3) is 0.565. The molecule has 2 amide bonds. The molecule has 0 saturated carbocycles. The average Bonchev–Trinajstić information content (AvgIpc) is 2.92. The van der Waals surface area contributed by atoms with Crippen molar-refractivity contribution in [3.63, 3.8) is 0 Å². The summed E-state index contributed by atoms with van der Waals surface area (Å²) in [4.78, 5) is 30.0. The van der Waals surface area contributed by atoms with Gasteiger partial charge < -0.3 is 19.1 Å². The van der Waals surface area contributed by atoms with Crippen LogP contribution < -0.4 is 4.74 Å². The number of hydrogen-bond donors (Lipinski definition) is 0. The van der Waals surface area contributed by atoms with Crippen LogP contribution in [-0.4, -0.2) is 73.3 Å². The van der Waals surface area contributed by atoms with E-state index in [0.29, 0.717) is 43.9 Å². The van der Waals surface area contributed by atoms with Crippen LogP contribution in [0.25, 0.3) is 5.57 Å². The van der Waals surface area contributed by atoms with E-state index >= 15 is 0 Å². The molecule has 1 aromatic carbocycles. The SMILES string of the molecule is COCCCN1C(=O)C(c2ccc(OC(C)C)cc2)=C(N2CC(C)OC(C)C2)C1=O. The normalized spacial score (nSPS) is 22.5. The van der Waals surface area contributed by atoms with E-state index in [1.807, 2.05) is 56.9 Å². The zero-order valence-corrected chi connectivity index (χ0v) is 18.5. The highest BCUT2D eigenvalue weighted by molar-refractivity contribution is 6.35. The molecule has 2 aliphatic rings. The van der Waals surface area contributed by atoms with Crippen LogP contribution in [0.3, 0.4) is 0 Å². The molecule has 2 heterocycles. The molecule has 0 radical (unpaired) electrons. The van der Waals surface area contributed by atoms with Crippen molar-refractivity contribution in [3.05, 3.63) is 35.5 Å². The van der Waals surface area contributed by atoms with E-state index in [9.17, 15) is 9.59 Å². The van der Waals surface area contributed by atoms with E-state index in [0.717, 1.165) is 11.3 Å². The minimum Gasteiger partial charge on any atom is -0.491 e. The second-order valence-electron chi connectivity index (χ2n) is 8.19. The zero-order chi connectivity index (χ0) is 21.8. The molecule has 7 nitrogen and oxygen atoms in total. The molecular formula is C23H32N2O5. The van der Waals surface area contributed by atoms with Gasteiger partial charge in [0, 0.05) is 33.4 Å². The maximum Gasteiger partial charge on any atom is 0.277 e. The Labute approximate surface area is 178 Å². The lowest BCUT2D eigenvalue weighted by Crippen LogP contribution is -2.47. The van der Waals surface area contributed by atoms with E-state index in [1.165, 1.54) is 4.90 Å². The van der Waals surface area contributed by atoms with Gasteiger partial charge in [-0.2, -0.15) is 0 Å². The van der Waals surface area contributed by atoms with Gasteiger partial charge in [0.05, 0.1) is 23.9 Å². The third-order valence-corrected chi connectivity index (χ3v) is 5.12. The molecule has 0 bridgehead atoms. The van der Waals surface area contributed by atoms with Crippen LogP contribution in [0.15, 0.2) is 30.0 Å². The fourth-order valence-corrected chi connectivity index (χ4v) is 4.02. The zero-order valence-electron chi connectivity index (χ0n) is 18.5. The van der Waals surface area contributed by atoms with Gasteiger partial charge in [0.1, 0.15) is 11.4 Å². The summed E-state index contributed by atoms with van der Waals surface area (Å²) in [5.41, 5.74) is 1.65. The molecule has 2 aliphatic heterocycles. The number of methoxy groups -OCH3 is 1. The van der Waals surface area contributed by atoms with Crippen molar-refractivity contribution in [2.24, 2.45) is 0 Å². The summed E-state index contributed by atoms with van der Waals surface area (Å²) in [6, 6.07) is 7.39. The summed E-state index contributed by atoms with van der Waals surface area (Å²) in [5, 5.41) is 0. The van der Waals surface area contributed by atoms with Crippen molar-refractivity contribution in [2.75, 3.05) is 33.4 Å². The van der Waals surface area contributed by atoms with Gasteiger partial charge in [-0.3, -0.25) is 14.5 Å². The maximum absolute atomic E-state index is 13.3. The molecule has 0 aliphatic carbocycles.